The lowest BCUT2D eigenvalue weighted by atomic mass is 10.0. The van der Waals surface area contributed by atoms with Crippen LogP contribution in [0.25, 0.3) is 20.9 Å². The highest BCUT2D eigenvalue weighted by Gasteiger charge is 2.29. The lowest BCUT2D eigenvalue weighted by Crippen LogP contribution is -2.08. The van der Waals surface area contributed by atoms with Gasteiger partial charge in [0.15, 0.2) is 11.5 Å². The SMILES string of the molecule is COc1cc2c(cc1OC)-c1sccc1N(c1ccc(C)cc1)c1ccsc1-2. The Balaban J connectivity index is 1.83. The molecule has 0 amide bonds. The normalized spacial score (nSPS) is 12.0. The molecule has 0 N–H and O–H groups in total. The molecule has 0 saturated heterocycles. The summed E-state index contributed by atoms with van der Waals surface area (Å²) in [6.45, 7) is 2.12. The Morgan fingerprint density at radius 1 is 0.714 bits per heavy atom. The molecule has 1 aliphatic rings. The van der Waals surface area contributed by atoms with Gasteiger partial charge < -0.3 is 14.4 Å². The monoisotopic (exact) mass is 405 g/mol. The Hall–Kier alpha value is -2.76. The fourth-order valence-electron chi connectivity index (χ4n) is 3.72. The first-order chi connectivity index (χ1) is 13.7. The molecule has 0 bridgehead atoms. The van der Waals surface area contributed by atoms with E-state index in [-0.39, 0.29) is 0 Å². The van der Waals surface area contributed by atoms with Gasteiger partial charge in [0, 0.05) is 16.8 Å². The maximum atomic E-state index is 5.60. The Bertz CT molecular complexity index is 1090. The molecule has 0 atom stereocenters. The van der Waals surface area contributed by atoms with Gasteiger partial charge in [-0.15, -0.1) is 22.7 Å². The maximum Gasteiger partial charge on any atom is 0.161 e. The van der Waals surface area contributed by atoms with Crippen LogP contribution in [0.5, 0.6) is 11.5 Å². The van der Waals surface area contributed by atoms with Gasteiger partial charge >= 0.3 is 0 Å². The van der Waals surface area contributed by atoms with E-state index in [1.165, 1.54) is 37.8 Å². The largest absolute Gasteiger partial charge is 0.493 e. The van der Waals surface area contributed by atoms with Crippen molar-refractivity contribution in [2.24, 2.45) is 0 Å². The van der Waals surface area contributed by atoms with Gasteiger partial charge in [0.2, 0.25) is 0 Å². The molecular weight excluding hydrogens is 386 g/mol. The molecule has 1 aliphatic heterocycles. The second-order valence-electron chi connectivity index (χ2n) is 6.69. The van der Waals surface area contributed by atoms with Crippen molar-refractivity contribution in [1.82, 2.24) is 0 Å². The number of rotatable bonds is 3. The number of anilines is 3. The van der Waals surface area contributed by atoms with Crippen molar-refractivity contribution in [2.45, 2.75) is 6.92 Å². The molecule has 0 saturated carbocycles. The summed E-state index contributed by atoms with van der Waals surface area (Å²) in [7, 11) is 3.37. The van der Waals surface area contributed by atoms with E-state index in [1.54, 1.807) is 36.9 Å². The smallest absolute Gasteiger partial charge is 0.161 e. The number of methoxy groups -OCH3 is 2. The molecule has 2 aromatic carbocycles. The molecule has 0 unspecified atom stereocenters. The summed E-state index contributed by atoms with van der Waals surface area (Å²) in [5.74, 6) is 1.50. The van der Waals surface area contributed by atoms with Gasteiger partial charge in [-0.2, -0.15) is 0 Å². The topological polar surface area (TPSA) is 21.7 Å². The molecule has 4 aromatic rings. The zero-order chi connectivity index (χ0) is 19.3. The first-order valence-electron chi connectivity index (χ1n) is 9.00. The Morgan fingerprint density at radius 3 is 1.68 bits per heavy atom. The fourth-order valence-corrected chi connectivity index (χ4v) is 5.53. The number of benzene rings is 2. The number of hydrogen-bond acceptors (Lipinski definition) is 5. The van der Waals surface area contributed by atoms with Gasteiger partial charge in [0.25, 0.3) is 0 Å². The second-order valence-corrected chi connectivity index (χ2v) is 8.53. The van der Waals surface area contributed by atoms with Crippen LogP contribution in [-0.4, -0.2) is 14.2 Å². The molecule has 2 aromatic heterocycles. The number of hydrogen-bond donors (Lipinski definition) is 0. The average Bonchev–Trinajstić information content (AvgIpc) is 3.37. The summed E-state index contributed by atoms with van der Waals surface area (Å²) in [6, 6.07) is 17.3. The van der Waals surface area contributed by atoms with Crippen LogP contribution in [0.1, 0.15) is 5.56 Å². The zero-order valence-electron chi connectivity index (χ0n) is 15.9. The Kier molecular flexibility index (Phi) is 4.14. The van der Waals surface area contributed by atoms with Crippen LogP contribution in [0.2, 0.25) is 0 Å². The van der Waals surface area contributed by atoms with E-state index in [2.05, 4.69) is 71.1 Å². The third-order valence-corrected chi connectivity index (χ3v) is 6.95. The van der Waals surface area contributed by atoms with Crippen LogP contribution in [-0.2, 0) is 0 Å². The fraction of sp³-hybridized carbons (Fsp3) is 0.130. The van der Waals surface area contributed by atoms with E-state index in [9.17, 15) is 0 Å². The van der Waals surface area contributed by atoms with E-state index < -0.39 is 0 Å². The van der Waals surface area contributed by atoms with Crippen molar-refractivity contribution >= 4 is 39.7 Å². The highest BCUT2D eigenvalue weighted by molar-refractivity contribution is 7.15. The number of thiophene rings is 2. The van der Waals surface area contributed by atoms with Crippen LogP contribution >= 0.6 is 22.7 Å². The standard InChI is InChI=1S/C23H19NO2S2/c1-14-4-6-15(7-5-14)24-18-8-10-27-22(18)16-12-20(25-2)21(26-3)13-17(16)23-19(24)9-11-28-23/h4-13H,1-3H3. The third-order valence-electron chi connectivity index (χ3n) is 5.08. The molecule has 5 rings (SSSR count). The van der Waals surface area contributed by atoms with Gasteiger partial charge in [-0.1, -0.05) is 17.7 Å². The van der Waals surface area contributed by atoms with Crippen molar-refractivity contribution in [1.29, 1.82) is 0 Å². The molecular formula is C23H19NO2S2. The number of fused-ring (bicyclic) bond motifs is 5. The van der Waals surface area contributed by atoms with Gasteiger partial charge in [-0.25, -0.2) is 0 Å². The van der Waals surface area contributed by atoms with E-state index >= 15 is 0 Å². The van der Waals surface area contributed by atoms with Crippen molar-refractivity contribution in [3.63, 3.8) is 0 Å². The molecule has 0 fully saturated rings. The van der Waals surface area contributed by atoms with Crippen molar-refractivity contribution in [3.05, 3.63) is 64.9 Å². The highest BCUT2D eigenvalue weighted by Crippen LogP contribution is 2.56. The summed E-state index contributed by atoms with van der Waals surface area (Å²) < 4.78 is 11.2. The minimum Gasteiger partial charge on any atom is -0.493 e. The molecule has 3 nitrogen and oxygen atoms in total. The van der Waals surface area contributed by atoms with Crippen LogP contribution in [0.15, 0.2) is 59.3 Å². The first-order valence-corrected chi connectivity index (χ1v) is 10.8. The molecule has 3 heterocycles. The maximum absolute atomic E-state index is 5.60. The third kappa shape index (κ3) is 2.54. The zero-order valence-corrected chi connectivity index (χ0v) is 17.5. The molecule has 0 aliphatic carbocycles. The minimum absolute atomic E-state index is 0.752. The average molecular weight is 406 g/mol. The minimum atomic E-state index is 0.752. The summed E-state index contributed by atoms with van der Waals surface area (Å²) >= 11 is 3.51. The molecule has 140 valence electrons. The summed E-state index contributed by atoms with van der Waals surface area (Å²) in [5, 5.41) is 4.31. The predicted octanol–water partition coefficient (Wildman–Crippen LogP) is 7.25. The van der Waals surface area contributed by atoms with Crippen LogP contribution in [0.4, 0.5) is 17.1 Å². The van der Waals surface area contributed by atoms with Crippen LogP contribution < -0.4 is 14.4 Å². The lowest BCUT2D eigenvalue weighted by Gasteiger charge is -2.24. The summed E-state index contributed by atoms with van der Waals surface area (Å²) in [4.78, 5) is 4.83. The number of nitrogens with zero attached hydrogens (tertiary/aromatic N) is 1. The Morgan fingerprint density at radius 2 is 1.21 bits per heavy atom. The van der Waals surface area contributed by atoms with E-state index in [1.807, 2.05) is 0 Å². The molecule has 28 heavy (non-hydrogen) atoms. The van der Waals surface area contributed by atoms with Crippen LogP contribution in [0.3, 0.4) is 0 Å². The second kappa shape index (κ2) is 6.69. The van der Waals surface area contributed by atoms with Crippen molar-refractivity contribution < 1.29 is 9.47 Å². The van der Waals surface area contributed by atoms with Gasteiger partial charge in [-0.05, 0) is 54.1 Å². The molecule has 0 radical (unpaired) electrons. The highest BCUT2D eigenvalue weighted by atomic mass is 32.1. The van der Waals surface area contributed by atoms with Crippen molar-refractivity contribution in [3.8, 4) is 32.4 Å². The predicted molar refractivity (Wildman–Crippen MR) is 119 cm³/mol. The van der Waals surface area contributed by atoms with Crippen LogP contribution in [0, 0.1) is 6.92 Å². The molecule has 0 spiro atoms. The number of aryl methyl sites for hydroxylation is 1. The van der Waals surface area contributed by atoms with Gasteiger partial charge in [-0.3, -0.25) is 0 Å². The molecule has 5 heteroatoms. The van der Waals surface area contributed by atoms with E-state index in [0.717, 1.165) is 17.2 Å². The number of ether oxygens (including phenoxy) is 2. The van der Waals surface area contributed by atoms with E-state index in [4.69, 9.17) is 9.47 Å². The summed E-state index contributed by atoms with van der Waals surface area (Å²) in [6.07, 6.45) is 0. The van der Waals surface area contributed by atoms with Gasteiger partial charge in [0.05, 0.1) is 35.3 Å². The Labute approximate surface area is 172 Å². The van der Waals surface area contributed by atoms with Gasteiger partial charge in [0.1, 0.15) is 0 Å². The van der Waals surface area contributed by atoms with E-state index in [0.29, 0.717) is 0 Å². The lowest BCUT2D eigenvalue weighted by molar-refractivity contribution is 0.355. The van der Waals surface area contributed by atoms with Crippen molar-refractivity contribution in [2.75, 3.05) is 19.1 Å². The quantitative estimate of drug-likeness (QED) is 0.315. The first kappa shape index (κ1) is 17.3. The summed E-state index contributed by atoms with van der Waals surface area (Å²) in [5.41, 5.74) is 7.17.